The Kier molecular flexibility index (Phi) is 4.22. The quantitative estimate of drug-likeness (QED) is 0.453. The Labute approximate surface area is 69.4 Å². The molecule has 0 aliphatic carbocycles. The molecule has 0 N–H and O–H groups in total. The first-order valence-corrected chi connectivity index (χ1v) is 6.25. The molecule has 0 aromatic carbocycles. The molecular formula is C8H18F2Si. The van der Waals surface area contributed by atoms with Gasteiger partial charge < -0.3 is 0 Å². The summed E-state index contributed by atoms with van der Waals surface area (Å²) < 4.78 is 26.7. The lowest BCUT2D eigenvalue weighted by Gasteiger charge is -2.24. The van der Waals surface area contributed by atoms with Crippen LogP contribution in [0, 0.1) is 0 Å². The highest BCUT2D eigenvalue weighted by Gasteiger charge is 2.45. The molecule has 0 nitrogen and oxygen atoms in total. The molecule has 2 atom stereocenters. The van der Waals surface area contributed by atoms with Gasteiger partial charge in [0.25, 0.3) is 0 Å². The fourth-order valence-electron chi connectivity index (χ4n) is 1.03. The Morgan fingerprint density at radius 3 is 1.45 bits per heavy atom. The molecule has 0 saturated carbocycles. The van der Waals surface area contributed by atoms with Crippen LogP contribution in [-0.2, 0) is 0 Å². The van der Waals surface area contributed by atoms with Crippen molar-refractivity contribution in [2.75, 3.05) is 0 Å². The number of halogens is 2. The molecule has 2 unspecified atom stereocenters. The van der Waals surface area contributed by atoms with Gasteiger partial charge in [-0.15, -0.1) is 0 Å². The molecular weight excluding hydrogens is 162 g/mol. The Morgan fingerprint density at radius 2 is 1.27 bits per heavy atom. The van der Waals surface area contributed by atoms with E-state index in [1.807, 2.05) is 13.8 Å². The van der Waals surface area contributed by atoms with E-state index in [4.69, 9.17) is 0 Å². The van der Waals surface area contributed by atoms with E-state index in [9.17, 15) is 8.22 Å². The predicted molar refractivity (Wildman–Crippen MR) is 47.4 cm³/mol. The monoisotopic (exact) mass is 180 g/mol. The van der Waals surface area contributed by atoms with Gasteiger partial charge in [0, 0.05) is 11.1 Å². The highest BCUT2D eigenvalue weighted by atomic mass is 28.4. The van der Waals surface area contributed by atoms with E-state index in [2.05, 4.69) is 0 Å². The number of hydrogen-bond donors (Lipinski definition) is 0. The Hall–Kier alpha value is 0.0769. The van der Waals surface area contributed by atoms with Crippen molar-refractivity contribution >= 4 is 8.74 Å². The minimum Gasteiger partial charge on any atom is -0.270 e. The summed E-state index contributed by atoms with van der Waals surface area (Å²) in [5.41, 5.74) is -0.699. The van der Waals surface area contributed by atoms with E-state index in [-0.39, 0.29) is 11.1 Å². The standard InChI is InChI=1S/C8H18F2Si/c1-5-7(3)11(9,10)8(4)6-2/h7-8H,5-6H2,1-4H3. The summed E-state index contributed by atoms with van der Waals surface area (Å²) in [7, 11) is -3.91. The third-order valence-electron chi connectivity index (χ3n) is 2.54. The van der Waals surface area contributed by atoms with Crippen LogP contribution in [0.3, 0.4) is 0 Å². The van der Waals surface area contributed by atoms with E-state index >= 15 is 0 Å². The van der Waals surface area contributed by atoms with E-state index < -0.39 is 8.74 Å². The molecule has 0 heterocycles. The lowest BCUT2D eigenvalue weighted by molar-refractivity contribution is 0.503. The molecule has 0 bridgehead atoms. The average Bonchev–Trinajstić information content (AvgIpc) is 2.01. The summed E-state index contributed by atoms with van der Waals surface area (Å²) >= 11 is 0. The van der Waals surface area contributed by atoms with Crippen molar-refractivity contribution in [2.45, 2.75) is 51.6 Å². The Bertz CT molecular complexity index is 103. The predicted octanol–water partition coefficient (Wildman–Crippen LogP) is 3.97. The van der Waals surface area contributed by atoms with Gasteiger partial charge in [0.05, 0.1) is 0 Å². The van der Waals surface area contributed by atoms with Gasteiger partial charge in [-0.3, -0.25) is 8.22 Å². The molecule has 3 heteroatoms. The van der Waals surface area contributed by atoms with Crippen LogP contribution in [0.4, 0.5) is 8.22 Å². The van der Waals surface area contributed by atoms with Crippen molar-refractivity contribution in [2.24, 2.45) is 0 Å². The van der Waals surface area contributed by atoms with Crippen LogP contribution in [0.15, 0.2) is 0 Å². The summed E-state index contributed by atoms with van der Waals surface area (Å²) in [5.74, 6) is 0. The SMILES string of the molecule is CCC(C)[Si](F)(F)C(C)CC. The summed E-state index contributed by atoms with van der Waals surface area (Å²) in [6.07, 6.45) is 1.23. The molecule has 0 rings (SSSR count). The van der Waals surface area contributed by atoms with Crippen LogP contribution in [0.5, 0.6) is 0 Å². The highest BCUT2D eigenvalue weighted by molar-refractivity contribution is 6.69. The van der Waals surface area contributed by atoms with Gasteiger partial charge >= 0.3 is 8.74 Å². The lowest BCUT2D eigenvalue weighted by Crippen LogP contribution is -2.32. The molecule has 11 heavy (non-hydrogen) atoms. The molecule has 0 aromatic rings. The van der Waals surface area contributed by atoms with Crippen molar-refractivity contribution in [3.63, 3.8) is 0 Å². The first-order chi connectivity index (χ1) is 4.96. The molecule has 0 fully saturated rings. The Balaban J connectivity index is 4.18. The zero-order valence-electron chi connectivity index (χ0n) is 7.82. The van der Waals surface area contributed by atoms with Gasteiger partial charge in [0.15, 0.2) is 0 Å². The molecule has 0 aliphatic heterocycles. The zero-order chi connectivity index (χ0) is 9.07. The van der Waals surface area contributed by atoms with Crippen LogP contribution >= 0.6 is 0 Å². The van der Waals surface area contributed by atoms with Crippen molar-refractivity contribution < 1.29 is 8.22 Å². The van der Waals surface area contributed by atoms with E-state index in [0.717, 1.165) is 0 Å². The summed E-state index contributed by atoms with van der Waals surface area (Å²) in [5, 5.41) is 0. The number of hydrogen-bond acceptors (Lipinski definition) is 0. The molecule has 0 amide bonds. The second kappa shape index (κ2) is 4.19. The number of rotatable bonds is 4. The fraction of sp³-hybridized carbons (Fsp3) is 1.00. The van der Waals surface area contributed by atoms with Gasteiger partial charge in [-0.05, 0) is 0 Å². The maximum atomic E-state index is 13.4. The van der Waals surface area contributed by atoms with Crippen molar-refractivity contribution in [1.82, 2.24) is 0 Å². The smallest absolute Gasteiger partial charge is 0.270 e. The third kappa shape index (κ3) is 2.54. The first kappa shape index (κ1) is 11.1. The lowest BCUT2D eigenvalue weighted by atomic mass is 10.4. The van der Waals surface area contributed by atoms with Crippen molar-refractivity contribution in [3.05, 3.63) is 0 Å². The van der Waals surface area contributed by atoms with Gasteiger partial charge in [-0.2, -0.15) is 0 Å². The van der Waals surface area contributed by atoms with E-state index in [1.165, 1.54) is 0 Å². The molecule has 68 valence electrons. The second-order valence-corrected chi connectivity index (χ2v) is 6.61. The average molecular weight is 180 g/mol. The molecule has 0 radical (unpaired) electrons. The minimum absolute atomic E-state index is 0.350. The highest BCUT2D eigenvalue weighted by Crippen LogP contribution is 2.38. The fourth-order valence-corrected chi connectivity index (χ4v) is 3.09. The minimum atomic E-state index is -3.91. The van der Waals surface area contributed by atoms with Gasteiger partial charge in [-0.25, -0.2) is 0 Å². The zero-order valence-corrected chi connectivity index (χ0v) is 8.82. The normalized spacial score (nSPS) is 18.0. The summed E-state index contributed by atoms with van der Waals surface area (Å²) in [6, 6.07) is 0. The second-order valence-electron chi connectivity index (χ2n) is 3.29. The first-order valence-electron chi connectivity index (χ1n) is 4.34. The third-order valence-corrected chi connectivity index (χ3v) is 5.98. The summed E-state index contributed by atoms with van der Waals surface area (Å²) in [6.45, 7) is 7.04. The van der Waals surface area contributed by atoms with Crippen LogP contribution < -0.4 is 0 Å². The van der Waals surface area contributed by atoms with E-state index in [0.29, 0.717) is 12.8 Å². The van der Waals surface area contributed by atoms with Crippen LogP contribution in [0.1, 0.15) is 40.5 Å². The van der Waals surface area contributed by atoms with Crippen molar-refractivity contribution in [3.8, 4) is 0 Å². The van der Waals surface area contributed by atoms with Gasteiger partial charge in [-0.1, -0.05) is 40.5 Å². The van der Waals surface area contributed by atoms with Crippen LogP contribution in [-0.4, -0.2) is 8.74 Å². The molecule has 0 aliphatic rings. The van der Waals surface area contributed by atoms with E-state index in [1.54, 1.807) is 13.8 Å². The molecule has 0 aromatic heterocycles. The van der Waals surface area contributed by atoms with Crippen LogP contribution in [0.25, 0.3) is 0 Å². The van der Waals surface area contributed by atoms with Crippen LogP contribution in [0.2, 0.25) is 11.1 Å². The topological polar surface area (TPSA) is 0 Å². The summed E-state index contributed by atoms with van der Waals surface area (Å²) in [4.78, 5) is 0. The van der Waals surface area contributed by atoms with Gasteiger partial charge in [0.2, 0.25) is 0 Å². The largest absolute Gasteiger partial charge is 0.430 e. The molecule has 0 spiro atoms. The van der Waals surface area contributed by atoms with Gasteiger partial charge in [0.1, 0.15) is 0 Å². The Morgan fingerprint density at radius 1 is 1.00 bits per heavy atom. The maximum absolute atomic E-state index is 13.4. The molecule has 0 saturated heterocycles. The van der Waals surface area contributed by atoms with Crippen molar-refractivity contribution in [1.29, 1.82) is 0 Å². The maximum Gasteiger partial charge on any atom is 0.430 e.